The van der Waals surface area contributed by atoms with Crippen molar-refractivity contribution in [3.8, 4) is 0 Å². The standard InChI is InChI=1S/C23H26BNO4S/c1-15-7-9-16(10-8-15)30-25-14-13-17-19(12-11-18(20(17)25)21(26)27-6)24-28-22(2,3)23(4,5)29-24/h7-14H,1-6H3. The van der Waals surface area contributed by atoms with Crippen molar-refractivity contribution in [1.29, 1.82) is 0 Å². The molecule has 1 aromatic heterocycles. The van der Waals surface area contributed by atoms with Gasteiger partial charge in [-0.15, -0.1) is 0 Å². The monoisotopic (exact) mass is 423 g/mol. The van der Waals surface area contributed by atoms with E-state index in [1.54, 1.807) is 18.0 Å². The minimum atomic E-state index is -0.510. The number of esters is 1. The first kappa shape index (κ1) is 21.0. The number of nitrogens with zero attached hydrogens (tertiary/aromatic N) is 1. The van der Waals surface area contributed by atoms with Gasteiger partial charge in [-0.1, -0.05) is 23.8 Å². The maximum Gasteiger partial charge on any atom is 0.495 e. The zero-order valence-corrected chi connectivity index (χ0v) is 19.0. The second-order valence-corrected chi connectivity index (χ2v) is 9.64. The first-order chi connectivity index (χ1) is 14.1. The number of methoxy groups -OCH3 is 1. The van der Waals surface area contributed by atoms with Crippen LogP contribution < -0.4 is 5.46 Å². The largest absolute Gasteiger partial charge is 0.495 e. The molecule has 0 saturated carbocycles. The molecule has 0 aliphatic carbocycles. The van der Waals surface area contributed by atoms with Crippen molar-refractivity contribution >= 4 is 41.4 Å². The molecule has 0 radical (unpaired) electrons. The normalized spacial score (nSPS) is 17.5. The summed E-state index contributed by atoms with van der Waals surface area (Å²) < 4.78 is 19.6. The highest BCUT2D eigenvalue weighted by Crippen LogP contribution is 2.38. The number of carbonyl (C=O) groups excluding carboxylic acids is 1. The average Bonchev–Trinajstić information content (AvgIpc) is 3.20. The van der Waals surface area contributed by atoms with Gasteiger partial charge in [-0.25, -0.2) is 4.79 Å². The first-order valence-corrected chi connectivity index (χ1v) is 10.7. The van der Waals surface area contributed by atoms with Crippen molar-refractivity contribution in [2.45, 2.75) is 50.7 Å². The van der Waals surface area contributed by atoms with Crippen LogP contribution in [0.15, 0.2) is 53.6 Å². The zero-order valence-electron chi connectivity index (χ0n) is 18.2. The molecule has 0 N–H and O–H groups in total. The molecule has 30 heavy (non-hydrogen) atoms. The van der Waals surface area contributed by atoms with E-state index in [9.17, 15) is 4.79 Å². The Hall–Kier alpha value is -2.22. The fourth-order valence-electron chi connectivity index (χ4n) is 3.49. The summed E-state index contributed by atoms with van der Waals surface area (Å²) in [5.74, 6) is -0.370. The summed E-state index contributed by atoms with van der Waals surface area (Å²) in [5.41, 5.74) is 2.53. The number of ether oxygens (including phenoxy) is 1. The van der Waals surface area contributed by atoms with Crippen molar-refractivity contribution in [3.63, 3.8) is 0 Å². The molecule has 156 valence electrons. The molecule has 7 heteroatoms. The van der Waals surface area contributed by atoms with Crippen LogP contribution in [-0.4, -0.2) is 35.4 Å². The third-order valence-corrected chi connectivity index (χ3v) is 6.97. The van der Waals surface area contributed by atoms with E-state index in [1.165, 1.54) is 12.7 Å². The summed E-state index contributed by atoms with van der Waals surface area (Å²) in [6.07, 6.45) is 1.97. The molecular weight excluding hydrogens is 397 g/mol. The number of rotatable bonds is 4. The number of aromatic nitrogens is 1. The molecule has 0 amide bonds. The van der Waals surface area contributed by atoms with Crippen LogP contribution in [0.3, 0.4) is 0 Å². The Kier molecular flexibility index (Phi) is 5.25. The molecule has 0 bridgehead atoms. The second kappa shape index (κ2) is 7.48. The highest BCUT2D eigenvalue weighted by atomic mass is 32.2. The van der Waals surface area contributed by atoms with Gasteiger partial charge < -0.3 is 14.0 Å². The van der Waals surface area contributed by atoms with Crippen LogP contribution in [0.25, 0.3) is 10.9 Å². The molecule has 3 aromatic rings. The highest BCUT2D eigenvalue weighted by Gasteiger charge is 2.52. The van der Waals surface area contributed by atoms with E-state index >= 15 is 0 Å². The first-order valence-electron chi connectivity index (χ1n) is 9.96. The summed E-state index contributed by atoms with van der Waals surface area (Å²) in [5, 5.41) is 0.913. The zero-order chi connectivity index (χ0) is 21.7. The predicted octanol–water partition coefficient (Wildman–Crippen LogP) is 4.59. The molecule has 5 nitrogen and oxygen atoms in total. The lowest BCUT2D eigenvalue weighted by atomic mass is 9.76. The lowest BCUT2D eigenvalue weighted by Crippen LogP contribution is -2.41. The minimum absolute atomic E-state index is 0.370. The Morgan fingerprint density at radius 3 is 2.23 bits per heavy atom. The molecule has 1 aliphatic rings. The van der Waals surface area contributed by atoms with E-state index in [2.05, 4.69) is 31.2 Å². The second-order valence-electron chi connectivity index (χ2n) is 8.59. The Morgan fingerprint density at radius 2 is 1.63 bits per heavy atom. The van der Waals surface area contributed by atoms with Gasteiger partial charge in [0.25, 0.3) is 0 Å². The third kappa shape index (κ3) is 3.55. The number of hydrogen-bond donors (Lipinski definition) is 0. The van der Waals surface area contributed by atoms with Gasteiger partial charge in [0.05, 0.1) is 29.4 Å². The lowest BCUT2D eigenvalue weighted by Gasteiger charge is -2.32. The van der Waals surface area contributed by atoms with Crippen LogP contribution in [0.2, 0.25) is 0 Å². The number of fused-ring (bicyclic) bond motifs is 1. The van der Waals surface area contributed by atoms with Crippen molar-refractivity contribution in [2.24, 2.45) is 0 Å². The Labute approximate surface area is 182 Å². The predicted molar refractivity (Wildman–Crippen MR) is 121 cm³/mol. The molecule has 1 fully saturated rings. The van der Waals surface area contributed by atoms with Gasteiger partial charge in [0.1, 0.15) is 0 Å². The van der Waals surface area contributed by atoms with Gasteiger partial charge in [0, 0.05) is 16.5 Å². The van der Waals surface area contributed by atoms with E-state index in [-0.39, 0.29) is 5.97 Å². The maximum absolute atomic E-state index is 12.5. The van der Waals surface area contributed by atoms with Crippen LogP contribution >= 0.6 is 11.9 Å². The van der Waals surface area contributed by atoms with Crippen LogP contribution in [-0.2, 0) is 14.0 Å². The molecule has 2 heterocycles. The van der Waals surface area contributed by atoms with E-state index in [4.69, 9.17) is 14.0 Å². The molecule has 1 aliphatic heterocycles. The minimum Gasteiger partial charge on any atom is -0.465 e. The van der Waals surface area contributed by atoms with Crippen LogP contribution in [0.4, 0.5) is 0 Å². The molecule has 0 unspecified atom stereocenters. The Bertz CT molecular complexity index is 1090. The van der Waals surface area contributed by atoms with Crippen molar-refractivity contribution in [3.05, 3.63) is 59.8 Å². The van der Waals surface area contributed by atoms with Gasteiger partial charge in [0.15, 0.2) is 0 Å². The Morgan fingerprint density at radius 1 is 1.00 bits per heavy atom. The van der Waals surface area contributed by atoms with Crippen LogP contribution in [0.5, 0.6) is 0 Å². The highest BCUT2D eigenvalue weighted by molar-refractivity contribution is 7.98. The van der Waals surface area contributed by atoms with Crippen molar-refractivity contribution in [2.75, 3.05) is 7.11 Å². The SMILES string of the molecule is COC(=O)c1ccc(B2OC(C)(C)C(C)(C)O2)c2ccn(Sc3ccc(C)cc3)c12. The molecule has 2 aromatic carbocycles. The number of benzene rings is 2. The fourth-order valence-corrected chi connectivity index (χ4v) is 4.39. The van der Waals surface area contributed by atoms with E-state index < -0.39 is 18.3 Å². The quantitative estimate of drug-likeness (QED) is 0.454. The molecule has 1 saturated heterocycles. The van der Waals surface area contributed by atoms with E-state index in [1.807, 2.05) is 50.0 Å². The number of hydrogen-bond acceptors (Lipinski definition) is 5. The van der Waals surface area contributed by atoms with Crippen LogP contribution in [0.1, 0.15) is 43.6 Å². The maximum atomic E-state index is 12.5. The summed E-state index contributed by atoms with van der Waals surface area (Å²) in [6.45, 7) is 10.2. The van der Waals surface area contributed by atoms with Gasteiger partial charge in [-0.2, -0.15) is 0 Å². The lowest BCUT2D eigenvalue weighted by molar-refractivity contribution is 0.00578. The van der Waals surface area contributed by atoms with Gasteiger partial charge in [-0.3, -0.25) is 3.97 Å². The smallest absolute Gasteiger partial charge is 0.465 e. The number of carbonyl (C=O) groups is 1. The van der Waals surface area contributed by atoms with E-state index in [0.717, 1.165) is 21.3 Å². The topological polar surface area (TPSA) is 49.7 Å². The molecule has 0 atom stereocenters. The summed E-state index contributed by atoms with van der Waals surface area (Å²) in [4.78, 5) is 13.6. The van der Waals surface area contributed by atoms with Crippen LogP contribution in [0, 0.1) is 6.92 Å². The van der Waals surface area contributed by atoms with Gasteiger partial charge in [0.2, 0.25) is 0 Å². The Balaban J connectivity index is 1.82. The number of aryl methyl sites for hydroxylation is 1. The third-order valence-electron chi connectivity index (χ3n) is 5.99. The molecular formula is C23H26BNO4S. The van der Waals surface area contributed by atoms with Crippen molar-refractivity contribution < 1.29 is 18.8 Å². The summed E-state index contributed by atoms with van der Waals surface area (Å²) in [7, 11) is 0.890. The summed E-state index contributed by atoms with van der Waals surface area (Å²) >= 11 is 1.55. The molecule has 0 spiro atoms. The average molecular weight is 423 g/mol. The van der Waals surface area contributed by atoms with Gasteiger partial charge in [-0.05, 0) is 76.3 Å². The summed E-state index contributed by atoms with van der Waals surface area (Å²) in [6, 6.07) is 14.0. The fraction of sp³-hybridized carbons (Fsp3) is 0.348. The molecule has 4 rings (SSSR count). The van der Waals surface area contributed by atoms with Crippen molar-refractivity contribution in [1.82, 2.24) is 3.97 Å². The van der Waals surface area contributed by atoms with Gasteiger partial charge >= 0.3 is 13.1 Å². The van der Waals surface area contributed by atoms with E-state index in [0.29, 0.717) is 5.56 Å².